The number of para-hydroxylation sites is 2. The molecule has 0 unspecified atom stereocenters. The van der Waals surface area contributed by atoms with Crippen LogP contribution in [0.5, 0.6) is 0 Å². The third-order valence-corrected chi connectivity index (χ3v) is 6.22. The fourth-order valence-corrected chi connectivity index (χ4v) is 4.90. The van der Waals surface area contributed by atoms with Crippen LogP contribution in [0.3, 0.4) is 0 Å². The molecule has 32 heavy (non-hydrogen) atoms. The summed E-state index contributed by atoms with van der Waals surface area (Å²) in [5, 5.41) is 4.85. The Labute approximate surface area is 184 Å². The summed E-state index contributed by atoms with van der Waals surface area (Å²) >= 11 is 0. The second kappa shape index (κ2) is 6.53. The Morgan fingerprint density at radius 2 is 0.844 bits per heavy atom. The minimum atomic E-state index is 0.923. The van der Waals surface area contributed by atoms with Crippen LogP contribution in [0.15, 0.2) is 109 Å². The summed E-state index contributed by atoms with van der Waals surface area (Å²) in [5.41, 5.74) is 4.62. The van der Waals surface area contributed by atoms with E-state index in [1.54, 1.807) is 0 Å². The first-order valence-corrected chi connectivity index (χ1v) is 10.7. The number of nitrogens with zero attached hydrogens (tertiary/aromatic N) is 4. The van der Waals surface area contributed by atoms with E-state index >= 15 is 0 Å². The van der Waals surface area contributed by atoms with Gasteiger partial charge in [0.1, 0.15) is 11.6 Å². The monoisotopic (exact) mass is 410 g/mol. The average molecular weight is 410 g/mol. The maximum absolute atomic E-state index is 4.66. The molecule has 3 aromatic carbocycles. The van der Waals surface area contributed by atoms with E-state index in [0.29, 0.717) is 0 Å². The molecule has 0 saturated heterocycles. The summed E-state index contributed by atoms with van der Waals surface area (Å²) in [6.07, 6.45) is 3.70. The second-order valence-corrected chi connectivity index (χ2v) is 7.97. The van der Waals surface area contributed by atoms with Gasteiger partial charge in [-0.3, -0.25) is 9.13 Å². The number of pyridine rings is 2. The van der Waals surface area contributed by atoms with Crippen LogP contribution >= 0.6 is 0 Å². The smallest absolute Gasteiger partial charge is 0.137 e. The molecule has 0 spiro atoms. The first-order chi connectivity index (χ1) is 15.9. The van der Waals surface area contributed by atoms with Gasteiger partial charge in [-0.25, -0.2) is 9.97 Å². The standard InChI is InChI=1S/C28H18N4/c1-3-11-23-19(9-1)21-17-26-22(18-25(21)31(23)27-13-5-7-15-29-27)20-10-2-4-12-24(20)32(26)28-14-6-8-16-30-28/h1-18H. The first-order valence-electron chi connectivity index (χ1n) is 10.7. The molecule has 0 saturated carbocycles. The van der Waals surface area contributed by atoms with Gasteiger partial charge in [0.25, 0.3) is 0 Å². The molecule has 4 nitrogen and oxygen atoms in total. The van der Waals surface area contributed by atoms with E-state index in [0.717, 1.165) is 33.7 Å². The van der Waals surface area contributed by atoms with Crippen molar-refractivity contribution in [3.05, 3.63) is 109 Å². The quantitative estimate of drug-likeness (QED) is 0.319. The maximum atomic E-state index is 4.66. The Hall–Kier alpha value is -4.44. The minimum Gasteiger partial charge on any atom is -0.294 e. The Morgan fingerprint density at radius 1 is 0.406 bits per heavy atom. The molecule has 0 aliphatic heterocycles. The third kappa shape index (κ3) is 2.32. The second-order valence-electron chi connectivity index (χ2n) is 7.97. The fourth-order valence-electron chi connectivity index (χ4n) is 4.90. The molecule has 0 fully saturated rings. The highest BCUT2D eigenvalue weighted by Crippen LogP contribution is 2.38. The van der Waals surface area contributed by atoms with Gasteiger partial charge in [0.2, 0.25) is 0 Å². The van der Waals surface area contributed by atoms with Crippen LogP contribution in [0.25, 0.3) is 55.2 Å². The highest BCUT2D eigenvalue weighted by molar-refractivity contribution is 6.18. The molecule has 0 bridgehead atoms. The Balaban J connectivity index is 1.71. The molecule has 4 aromatic heterocycles. The molecule has 150 valence electrons. The number of aromatic nitrogens is 4. The number of rotatable bonds is 2. The predicted octanol–water partition coefficient (Wildman–Crippen LogP) is 6.67. The van der Waals surface area contributed by atoms with Crippen LogP contribution in [0.2, 0.25) is 0 Å². The van der Waals surface area contributed by atoms with Crippen molar-refractivity contribution in [3.8, 4) is 11.6 Å². The van der Waals surface area contributed by atoms with E-state index in [1.807, 2.05) is 36.7 Å². The summed E-state index contributed by atoms with van der Waals surface area (Å²) < 4.78 is 4.52. The first kappa shape index (κ1) is 17.3. The van der Waals surface area contributed by atoms with Gasteiger partial charge in [0.15, 0.2) is 0 Å². The Kier molecular flexibility index (Phi) is 3.52. The zero-order chi connectivity index (χ0) is 21.1. The lowest BCUT2D eigenvalue weighted by atomic mass is 10.1. The van der Waals surface area contributed by atoms with Crippen molar-refractivity contribution in [2.45, 2.75) is 0 Å². The summed E-state index contributed by atoms with van der Waals surface area (Å²) in [6.45, 7) is 0. The van der Waals surface area contributed by atoms with Crippen LogP contribution in [-0.4, -0.2) is 19.1 Å². The molecule has 0 amide bonds. The zero-order valence-corrected chi connectivity index (χ0v) is 17.2. The SMILES string of the molecule is c1ccc(-n2c3ccccc3c3cc4c(cc32)c2ccccc2n4-c2ccccn2)nc1. The highest BCUT2D eigenvalue weighted by atomic mass is 15.1. The molecular weight excluding hydrogens is 392 g/mol. The minimum absolute atomic E-state index is 0.923. The van der Waals surface area contributed by atoms with E-state index in [2.05, 4.69) is 91.9 Å². The van der Waals surface area contributed by atoms with E-state index < -0.39 is 0 Å². The number of hydrogen-bond donors (Lipinski definition) is 0. The third-order valence-electron chi connectivity index (χ3n) is 6.22. The lowest BCUT2D eigenvalue weighted by Crippen LogP contribution is -1.97. The van der Waals surface area contributed by atoms with Crippen LogP contribution in [-0.2, 0) is 0 Å². The zero-order valence-electron chi connectivity index (χ0n) is 17.2. The lowest BCUT2D eigenvalue weighted by Gasteiger charge is -2.07. The maximum Gasteiger partial charge on any atom is 0.137 e. The molecule has 7 rings (SSSR count). The van der Waals surface area contributed by atoms with Crippen molar-refractivity contribution in [3.63, 3.8) is 0 Å². The Bertz CT molecular complexity index is 1630. The van der Waals surface area contributed by atoms with Crippen LogP contribution in [0.1, 0.15) is 0 Å². The van der Waals surface area contributed by atoms with Gasteiger partial charge in [0, 0.05) is 33.9 Å². The summed E-state index contributed by atoms with van der Waals surface area (Å²) in [7, 11) is 0. The van der Waals surface area contributed by atoms with Gasteiger partial charge >= 0.3 is 0 Å². The Morgan fingerprint density at radius 3 is 1.28 bits per heavy atom. The van der Waals surface area contributed by atoms with Gasteiger partial charge in [-0.15, -0.1) is 0 Å². The molecule has 4 heterocycles. The van der Waals surface area contributed by atoms with Gasteiger partial charge < -0.3 is 0 Å². The van der Waals surface area contributed by atoms with Gasteiger partial charge in [-0.05, 0) is 48.5 Å². The molecule has 0 atom stereocenters. The average Bonchev–Trinajstić information content (AvgIpc) is 3.36. The van der Waals surface area contributed by atoms with Crippen molar-refractivity contribution in [1.29, 1.82) is 0 Å². The van der Waals surface area contributed by atoms with E-state index in [1.165, 1.54) is 21.5 Å². The van der Waals surface area contributed by atoms with Crippen molar-refractivity contribution in [2.75, 3.05) is 0 Å². The normalized spacial score (nSPS) is 11.8. The van der Waals surface area contributed by atoms with Gasteiger partial charge in [-0.1, -0.05) is 48.5 Å². The number of benzene rings is 3. The van der Waals surface area contributed by atoms with E-state index in [4.69, 9.17) is 0 Å². The highest BCUT2D eigenvalue weighted by Gasteiger charge is 2.18. The van der Waals surface area contributed by atoms with Crippen LogP contribution in [0, 0.1) is 0 Å². The van der Waals surface area contributed by atoms with Crippen molar-refractivity contribution >= 4 is 43.6 Å². The molecule has 0 radical (unpaired) electrons. The number of hydrogen-bond acceptors (Lipinski definition) is 2. The van der Waals surface area contributed by atoms with Crippen molar-refractivity contribution in [1.82, 2.24) is 19.1 Å². The molecule has 4 heteroatoms. The molecular formula is C28H18N4. The van der Waals surface area contributed by atoms with Crippen molar-refractivity contribution < 1.29 is 0 Å². The van der Waals surface area contributed by atoms with Gasteiger partial charge in [-0.2, -0.15) is 0 Å². The van der Waals surface area contributed by atoms with Crippen LogP contribution in [0.4, 0.5) is 0 Å². The molecule has 7 aromatic rings. The number of fused-ring (bicyclic) bond motifs is 6. The van der Waals surface area contributed by atoms with Gasteiger partial charge in [0.05, 0.1) is 22.1 Å². The fraction of sp³-hybridized carbons (Fsp3) is 0. The van der Waals surface area contributed by atoms with E-state index in [9.17, 15) is 0 Å². The molecule has 0 N–H and O–H groups in total. The van der Waals surface area contributed by atoms with E-state index in [-0.39, 0.29) is 0 Å². The van der Waals surface area contributed by atoms with Crippen molar-refractivity contribution in [2.24, 2.45) is 0 Å². The summed E-state index contributed by atoms with van der Waals surface area (Å²) in [5.74, 6) is 1.85. The predicted molar refractivity (Wildman–Crippen MR) is 131 cm³/mol. The molecule has 0 aliphatic rings. The summed E-state index contributed by atoms with van der Waals surface area (Å²) in [4.78, 5) is 9.33. The van der Waals surface area contributed by atoms with Crippen LogP contribution < -0.4 is 0 Å². The largest absolute Gasteiger partial charge is 0.294 e. The molecule has 0 aliphatic carbocycles. The summed E-state index contributed by atoms with van der Waals surface area (Å²) in [6, 6.07) is 33.8. The topological polar surface area (TPSA) is 35.6 Å². The lowest BCUT2D eigenvalue weighted by molar-refractivity contribution is 1.08.